The van der Waals surface area contributed by atoms with Crippen LogP contribution in [0.1, 0.15) is 28.3 Å². The van der Waals surface area contributed by atoms with Gasteiger partial charge in [0.2, 0.25) is 0 Å². The highest BCUT2D eigenvalue weighted by molar-refractivity contribution is 5.75. The van der Waals surface area contributed by atoms with Crippen molar-refractivity contribution in [2.24, 2.45) is 5.73 Å². The van der Waals surface area contributed by atoms with Gasteiger partial charge in [-0.3, -0.25) is 4.79 Å². The van der Waals surface area contributed by atoms with Crippen LogP contribution in [0.15, 0.2) is 54.6 Å². The van der Waals surface area contributed by atoms with Crippen LogP contribution < -0.4 is 11.1 Å². The Balaban J connectivity index is 0.000000160. The maximum atomic E-state index is 10.5. The van der Waals surface area contributed by atoms with E-state index in [1.165, 1.54) is 5.56 Å². The van der Waals surface area contributed by atoms with Gasteiger partial charge in [0.05, 0.1) is 0 Å². The third-order valence-corrected chi connectivity index (χ3v) is 3.38. The van der Waals surface area contributed by atoms with Crippen molar-refractivity contribution in [3.05, 3.63) is 65.7 Å². The summed E-state index contributed by atoms with van der Waals surface area (Å²) in [6, 6.07) is 18.1. The van der Waals surface area contributed by atoms with Gasteiger partial charge in [0.25, 0.3) is 0 Å². The van der Waals surface area contributed by atoms with Gasteiger partial charge in [-0.05, 0) is 30.2 Å². The van der Waals surface area contributed by atoms with E-state index in [1.807, 2.05) is 61.6 Å². The monoisotopic (exact) mass is 268 g/mol. The Kier molecular flexibility index (Phi) is 4.91. The molecule has 3 nitrogen and oxygen atoms in total. The lowest BCUT2D eigenvalue weighted by atomic mass is 10.1. The van der Waals surface area contributed by atoms with E-state index in [9.17, 15) is 4.79 Å². The minimum Gasteiger partial charge on any atom is -0.388 e. The SMILES string of the molecule is CNc1ccccc1.NC1CC1c1cccc(C=O)c1. The van der Waals surface area contributed by atoms with Crippen LogP contribution in [0.2, 0.25) is 0 Å². The van der Waals surface area contributed by atoms with Crippen LogP contribution in [0.25, 0.3) is 0 Å². The highest BCUT2D eigenvalue weighted by Crippen LogP contribution is 2.38. The fourth-order valence-corrected chi connectivity index (χ4v) is 2.07. The average molecular weight is 268 g/mol. The molecule has 1 saturated carbocycles. The summed E-state index contributed by atoms with van der Waals surface area (Å²) in [5.41, 5.74) is 8.80. The molecule has 0 aliphatic heterocycles. The number of hydrogen-bond donors (Lipinski definition) is 2. The number of benzene rings is 2. The standard InChI is InChI=1S/C10H11NO.C7H9N/c11-10-5-9(10)8-3-1-2-7(4-8)6-12;1-8-7-5-3-2-4-6-7/h1-4,6,9-10H,5,11H2;2-6,8H,1H3. The van der Waals surface area contributed by atoms with Crippen molar-refractivity contribution in [2.45, 2.75) is 18.4 Å². The molecule has 0 radical (unpaired) electrons. The van der Waals surface area contributed by atoms with Crippen molar-refractivity contribution in [3.8, 4) is 0 Å². The molecule has 104 valence electrons. The summed E-state index contributed by atoms with van der Waals surface area (Å²) < 4.78 is 0. The highest BCUT2D eigenvalue weighted by Gasteiger charge is 2.34. The van der Waals surface area contributed by atoms with Crippen LogP contribution in [0.4, 0.5) is 5.69 Å². The van der Waals surface area contributed by atoms with E-state index in [4.69, 9.17) is 5.73 Å². The van der Waals surface area contributed by atoms with E-state index in [-0.39, 0.29) is 0 Å². The summed E-state index contributed by atoms with van der Waals surface area (Å²) in [5, 5.41) is 3.03. The zero-order valence-corrected chi connectivity index (χ0v) is 11.6. The number of hydrogen-bond acceptors (Lipinski definition) is 3. The topological polar surface area (TPSA) is 55.1 Å². The second-order valence-corrected chi connectivity index (χ2v) is 4.91. The summed E-state index contributed by atoms with van der Waals surface area (Å²) in [5.74, 6) is 0.491. The fraction of sp³-hybridized carbons (Fsp3) is 0.235. The quantitative estimate of drug-likeness (QED) is 0.841. The molecule has 2 aromatic carbocycles. The molecule has 2 unspecified atom stereocenters. The van der Waals surface area contributed by atoms with Crippen LogP contribution in [-0.2, 0) is 0 Å². The van der Waals surface area contributed by atoms with E-state index in [1.54, 1.807) is 0 Å². The second-order valence-electron chi connectivity index (χ2n) is 4.91. The van der Waals surface area contributed by atoms with Gasteiger partial charge in [-0.1, -0.05) is 36.4 Å². The molecule has 0 heterocycles. The Bertz CT molecular complexity index is 554. The van der Waals surface area contributed by atoms with Gasteiger partial charge >= 0.3 is 0 Å². The van der Waals surface area contributed by atoms with Crippen LogP contribution in [-0.4, -0.2) is 19.4 Å². The molecule has 1 aliphatic rings. The summed E-state index contributed by atoms with van der Waals surface area (Å²) in [6.07, 6.45) is 1.93. The van der Waals surface area contributed by atoms with Gasteiger partial charge in [-0.25, -0.2) is 0 Å². The van der Waals surface area contributed by atoms with Crippen LogP contribution in [0.5, 0.6) is 0 Å². The molecular weight excluding hydrogens is 248 g/mol. The summed E-state index contributed by atoms with van der Waals surface area (Å²) in [4.78, 5) is 10.5. The maximum Gasteiger partial charge on any atom is 0.150 e. The first-order valence-electron chi connectivity index (χ1n) is 6.78. The molecule has 2 aromatic rings. The molecule has 3 heteroatoms. The van der Waals surface area contributed by atoms with Gasteiger partial charge in [-0.2, -0.15) is 0 Å². The largest absolute Gasteiger partial charge is 0.388 e. The molecule has 0 amide bonds. The van der Waals surface area contributed by atoms with E-state index >= 15 is 0 Å². The molecule has 3 N–H and O–H groups in total. The van der Waals surface area contributed by atoms with E-state index in [0.29, 0.717) is 12.0 Å². The van der Waals surface area contributed by atoms with E-state index < -0.39 is 0 Å². The molecule has 20 heavy (non-hydrogen) atoms. The number of carbonyl (C=O) groups excluding carboxylic acids is 1. The van der Waals surface area contributed by atoms with E-state index in [0.717, 1.165) is 24.0 Å². The Hall–Kier alpha value is -2.13. The number of rotatable bonds is 3. The zero-order chi connectivity index (χ0) is 14.4. The van der Waals surface area contributed by atoms with Gasteiger partial charge in [0.15, 0.2) is 0 Å². The lowest BCUT2D eigenvalue weighted by molar-refractivity contribution is 0.112. The molecule has 1 fully saturated rings. The van der Waals surface area contributed by atoms with Gasteiger partial charge in [-0.15, -0.1) is 0 Å². The summed E-state index contributed by atoms with van der Waals surface area (Å²) in [6.45, 7) is 0. The normalized spacial score (nSPS) is 19.5. The minimum atomic E-state index is 0.312. The zero-order valence-electron chi connectivity index (χ0n) is 11.6. The van der Waals surface area contributed by atoms with Gasteiger partial charge < -0.3 is 11.1 Å². The maximum absolute atomic E-state index is 10.5. The molecule has 0 saturated heterocycles. The van der Waals surface area contributed by atoms with Crippen molar-refractivity contribution in [3.63, 3.8) is 0 Å². The lowest BCUT2D eigenvalue weighted by Gasteiger charge is -1.98. The molecule has 0 bridgehead atoms. The number of nitrogens with two attached hydrogens (primary N) is 1. The lowest BCUT2D eigenvalue weighted by Crippen LogP contribution is -2.01. The number of nitrogens with one attached hydrogen (secondary N) is 1. The van der Waals surface area contributed by atoms with Gasteiger partial charge in [0, 0.05) is 30.3 Å². The highest BCUT2D eigenvalue weighted by atomic mass is 16.1. The fourth-order valence-electron chi connectivity index (χ4n) is 2.07. The van der Waals surface area contributed by atoms with Crippen LogP contribution in [0, 0.1) is 0 Å². The molecule has 1 aliphatic carbocycles. The Morgan fingerprint density at radius 2 is 1.85 bits per heavy atom. The third kappa shape index (κ3) is 3.93. The van der Waals surface area contributed by atoms with Crippen LogP contribution >= 0.6 is 0 Å². The van der Waals surface area contributed by atoms with Crippen molar-refractivity contribution in [2.75, 3.05) is 12.4 Å². The summed E-state index contributed by atoms with van der Waals surface area (Å²) in [7, 11) is 1.91. The Morgan fingerprint density at radius 3 is 2.35 bits per heavy atom. The average Bonchev–Trinajstić information content (AvgIpc) is 3.26. The second kappa shape index (κ2) is 6.87. The van der Waals surface area contributed by atoms with E-state index in [2.05, 4.69) is 5.32 Å². The Morgan fingerprint density at radius 1 is 1.15 bits per heavy atom. The first kappa shape index (κ1) is 14.3. The smallest absolute Gasteiger partial charge is 0.150 e. The Labute approximate surface area is 119 Å². The first-order valence-corrected chi connectivity index (χ1v) is 6.78. The molecule has 2 atom stereocenters. The van der Waals surface area contributed by atoms with Crippen molar-refractivity contribution in [1.82, 2.24) is 0 Å². The third-order valence-electron chi connectivity index (χ3n) is 3.38. The minimum absolute atomic E-state index is 0.312. The van der Waals surface area contributed by atoms with Crippen molar-refractivity contribution in [1.29, 1.82) is 0 Å². The number of anilines is 1. The molecular formula is C17H20N2O. The predicted molar refractivity (Wildman–Crippen MR) is 83.2 cm³/mol. The predicted octanol–water partition coefficient (Wildman–Crippen LogP) is 3.04. The number of aldehydes is 1. The van der Waals surface area contributed by atoms with Crippen molar-refractivity contribution < 1.29 is 4.79 Å². The first-order chi connectivity index (χ1) is 9.74. The number of carbonyl (C=O) groups is 1. The summed E-state index contributed by atoms with van der Waals surface area (Å²) >= 11 is 0. The molecule has 0 aromatic heterocycles. The molecule has 0 spiro atoms. The number of para-hydroxylation sites is 1. The molecule has 3 rings (SSSR count). The van der Waals surface area contributed by atoms with Crippen molar-refractivity contribution >= 4 is 12.0 Å². The van der Waals surface area contributed by atoms with Crippen LogP contribution in [0.3, 0.4) is 0 Å². The van der Waals surface area contributed by atoms with Gasteiger partial charge in [0.1, 0.15) is 6.29 Å².